The van der Waals surface area contributed by atoms with E-state index in [-0.39, 0.29) is 11.1 Å². The highest BCUT2D eigenvalue weighted by atomic mass is 16.4. The zero-order chi connectivity index (χ0) is 14.3. The molecule has 1 aromatic heterocycles. The predicted molar refractivity (Wildman–Crippen MR) is 75.6 cm³/mol. The van der Waals surface area contributed by atoms with Gasteiger partial charge in [0.15, 0.2) is 0 Å². The van der Waals surface area contributed by atoms with Crippen LogP contribution in [0.25, 0.3) is 0 Å². The zero-order valence-corrected chi connectivity index (χ0v) is 11.8. The topological polar surface area (TPSA) is 59.3 Å². The molecule has 0 aromatic carbocycles. The summed E-state index contributed by atoms with van der Waals surface area (Å²) in [5.74, 6) is -0.249. The van der Waals surface area contributed by atoms with Crippen LogP contribution in [0.3, 0.4) is 0 Å². The number of pyridine rings is 1. The van der Waals surface area contributed by atoms with Gasteiger partial charge in [-0.3, -0.25) is 4.79 Å². The summed E-state index contributed by atoms with van der Waals surface area (Å²) in [6, 6.07) is 2.67. The molecule has 0 unspecified atom stereocenters. The second-order valence-corrected chi connectivity index (χ2v) is 5.35. The molecule has 0 fully saturated rings. The standard InChI is InChI=1S/C15H23NO3/c1-12(2)7-5-3-4-6-10-16-11-13(15(18)19)8-9-14(16)17/h8-9,11-12H,3-7,10H2,1-2H3,(H,18,19). The summed E-state index contributed by atoms with van der Waals surface area (Å²) < 4.78 is 1.49. The Bertz CT molecular complexity index is 463. The van der Waals surface area contributed by atoms with Crippen LogP contribution in [0, 0.1) is 5.92 Å². The Morgan fingerprint density at radius 2 is 1.89 bits per heavy atom. The van der Waals surface area contributed by atoms with Crippen molar-refractivity contribution in [2.24, 2.45) is 5.92 Å². The van der Waals surface area contributed by atoms with Gasteiger partial charge in [-0.15, -0.1) is 0 Å². The van der Waals surface area contributed by atoms with Crippen molar-refractivity contribution >= 4 is 5.97 Å². The number of aromatic nitrogens is 1. The maximum atomic E-state index is 11.6. The minimum atomic E-state index is -0.995. The van der Waals surface area contributed by atoms with Gasteiger partial charge in [0.1, 0.15) is 0 Å². The summed E-state index contributed by atoms with van der Waals surface area (Å²) in [6.07, 6.45) is 7.07. The predicted octanol–water partition coefficient (Wildman–Crippen LogP) is 3.15. The van der Waals surface area contributed by atoms with E-state index in [4.69, 9.17) is 5.11 Å². The lowest BCUT2D eigenvalue weighted by atomic mass is 10.0. The molecule has 0 aliphatic carbocycles. The highest BCUT2D eigenvalue weighted by Crippen LogP contribution is 2.09. The largest absolute Gasteiger partial charge is 0.478 e. The number of rotatable bonds is 8. The number of unbranched alkanes of at least 4 members (excludes halogenated alkanes) is 3. The fraction of sp³-hybridized carbons (Fsp3) is 0.600. The van der Waals surface area contributed by atoms with Gasteiger partial charge in [-0.25, -0.2) is 4.79 Å². The smallest absolute Gasteiger partial charge is 0.337 e. The van der Waals surface area contributed by atoms with Crippen LogP contribution in [0.15, 0.2) is 23.1 Å². The Kier molecular flexibility index (Phi) is 6.33. The summed E-state index contributed by atoms with van der Waals surface area (Å²) >= 11 is 0. The van der Waals surface area contributed by atoms with Crippen LogP contribution >= 0.6 is 0 Å². The summed E-state index contributed by atoms with van der Waals surface area (Å²) in [6.45, 7) is 5.04. The summed E-state index contributed by atoms with van der Waals surface area (Å²) in [4.78, 5) is 22.4. The van der Waals surface area contributed by atoms with E-state index in [0.29, 0.717) is 6.54 Å². The van der Waals surface area contributed by atoms with E-state index in [1.165, 1.54) is 42.2 Å². The number of nitrogens with zero attached hydrogens (tertiary/aromatic N) is 1. The Morgan fingerprint density at radius 3 is 2.53 bits per heavy atom. The Hall–Kier alpha value is -1.58. The van der Waals surface area contributed by atoms with Gasteiger partial charge in [0, 0.05) is 18.8 Å². The lowest BCUT2D eigenvalue weighted by Crippen LogP contribution is -2.20. The molecule has 0 saturated heterocycles. The zero-order valence-electron chi connectivity index (χ0n) is 11.8. The maximum absolute atomic E-state index is 11.6. The van der Waals surface area contributed by atoms with Crippen molar-refractivity contribution in [2.45, 2.75) is 52.5 Å². The number of aryl methyl sites for hydroxylation is 1. The third-order valence-corrected chi connectivity index (χ3v) is 3.16. The fourth-order valence-electron chi connectivity index (χ4n) is 2.02. The van der Waals surface area contributed by atoms with Gasteiger partial charge in [-0.05, 0) is 18.4 Å². The van der Waals surface area contributed by atoms with Crippen LogP contribution < -0.4 is 5.56 Å². The van der Waals surface area contributed by atoms with Crippen molar-refractivity contribution in [1.29, 1.82) is 0 Å². The van der Waals surface area contributed by atoms with Gasteiger partial charge in [0.25, 0.3) is 5.56 Å². The first-order chi connectivity index (χ1) is 9.00. The lowest BCUT2D eigenvalue weighted by molar-refractivity contribution is 0.0696. The molecular weight excluding hydrogens is 242 g/mol. The number of hydrogen-bond donors (Lipinski definition) is 1. The molecule has 0 amide bonds. The summed E-state index contributed by atoms with van der Waals surface area (Å²) in [5.41, 5.74) is 0.0339. The van der Waals surface area contributed by atoms with Crippen molar-refractivity contribution in [3.63, 3.8) is 0 Å². The second-order valence-electron chi connectivity index (χ2n) is 5.35. The molecule has 0 atom stereocenters. The van der Waals surface area contributed by atoms with Gasteiger partial charge >= 0.3 is 5.97 Å². The second kappa shape index (κ2) is 7.77. The van der Waals surface area contributed by atoms with E-state index < -0.39 is 5.97 Å². The van der Waals surface area contributed by atoms with E-state index >= 15 is 0 Å². The van der Waals surface area contributed by atoms with Crippen LogP contribution in [0.1, 0.15) is 56.3 Å². The fourth-order valence-corrected chi connectivity index (χ4v) is 2.02. The first-order valence-electron chi connectivity index (χ1n) is 6.94. The Balaban J connectivity index is 2.38. The first kappa shape index (κ1) is 15.5. The average Bonchev–Trinajstić information content (AvgIpc) is 2.34. The molecule has 1 heterocycles. The summed E-state index contributed by atoms with van der Waals surface area (Å²) in [7, 11) is 0. The van der Waals surface area contributed by atoms with Gasteiger partial charge < -0.3 is 9.67 Å². The molecule has 0 aliphatic rings. The Labute approximate surface area is 114 Å². The normalized spacial score (nSPS) is 10.9. The molecule has 106 valence electrons. The molecule has 4 nitrogen and oxygen atoms in total. The van der Waals surface area contributed by atoms with Crippen molar-refractivity contribution in [2.75, 3.05) is 0 Å². The molecule has 0 aliphatic heterocycles. The molecule has 1 aromatic rings. The number of carbonyl (C=O) groups is 1. The van der Waals surface area contributed by atoms with Crippen molar-refractivity contribution in [3.05, 3.63) is 34.2 Å². The van der Waals surface area contributed by atoms with Crippen LogP contribution in [-0.4, -0.2) is 15.6 Å². The molecular formula is C15H23NO3. The number of hydrogen-bond acceptors (Lipinski definition) is 2. The molecule has 19 heavy (non-hydrogen) atoms. The van der Waals surface area contributed by atoms with Gasteiger partial charge in [-0.2, -0.15) is 0 Å². The van der Waals surface area contributed by atoms with Crippen LogP contribution in [-0.2, 0) is 6.54 Å². The van der Waals surface area contributed by atoms with E-state index in [0.717, 1.165) is 18.8 Å². The number of aromatic carboxylic acids is 1. The Morgan fingerprint density at radius 1 is 1.21 bits per heavy atom. The lowest BCUT2D eigenvalue weighted by Gasteiger charge is -2.07. The quantitative estimate of drug-likeness (QED) is 0.734. The van der Waals surface area contributed by atoms with Crippen molar-refractivity contribution < 1.29 is 9.90 Å². The van der Waals surface area contributed by atoms with Gasteiger partial charge in [0.05, 0.1) is 5.56 Å². The van der Waals surface area contributed by atoms with E-state index in [1.54, 1.807) is 0 Å². The third-order valence-electron chi connectivity index (χ3n) is 3.16. The van der Waals surface area contributed by atoms with Crippen LogP contribution in [0.5, 0.6) is 0 Å². The minimum absolute atomic E-state index is 0.132. The van der Waals surface area contributed by atoms with Crippen LogP contribution in [0.2, 0.25) is 0 Å². The van der Waals surface area contributed by atoms with E-state index in [1.807, 2.05) is 0 Å². The maximum Gasteiger partial charge on any atom is 0.337 e. The highest BCUT2D eigenvalue weighted by molar-refractivity contribution is 5.87. The van der Waals surface area contributed by atoms with Gasteiger partial charge in [-0.1, -0.05) is 39.5 Å². The average molecular weight is 265 g/mol. The monoisotopic (exact) mass is 265 g/mol. The molecule has 0 radical (unpaired) electrons. The summed E-state index contributed by atoms with van der Waals surface area (Å²) in [5, 5.41) is 8.88. The molecule has 0 spiro atoms. The molecule has 0 bridgehead atoms. The number of carboxylic acids is 1. The molecule has 1 rings (SSSR count). The van der Waals surface area contributed by atoms with Crippen molar-refractivity contribution in [1.82, 2.24) is 4.57 Å². The van der Waals surface area contributed by atoms with Crippen molar-refractivity contribution in [3.8, 4) is 0 Å². The molecule has 0 saturated carbocycles. The molecule has 4 heteroatoms. The first-order valence-corrected chi connectivity index (χ1v) is 6.94. The van der Waals surface area contributed by atoms with E-state index in [9.17, 15) is 9.59 Å². The van der Waals surface area contributed by atoms with Gasteiger partial charge in [0.2, 0.25) is 0 Å². The minimum Gasteiger partial charge on any atom is -0.478 e. The van der Waals surface area contributed by atoms with E-state index in [2.05, 4.69) is 13.8 Å². The van der Waals surface area contributed by atoms with Crippen LogP contribution in [0.4, 0.5) is 0 Å². The highest BCUT2D eigenvalue weighted by Gasteiger charge is 2.04. The number of carboxylic acid groups (broad SMARTS) is 1. The SMILES string of the molecule is CC(C)CCCCCCn1cc(C(=O)O)ccc1=O. The molecule has 1 N–H and O–H groups in total. The third kappa shape index (κ3) is 5.73.